The number of hydrogen-bond acceptors (Lipinski definition) is 1. The third kappa shape index (κ3) is 2.32. The van der Waals surface area contributed by atoms with Gasteiger partial charge in [0, 0.05) is 14.5 Å². The van der Waals surface area contributed by atoms with Gasteiger partial charge in [0.25, 0.3) is 0 Å². The summed E-state index contributed by atoms with van der Waals surface area (Å²) in [5.41, 5.74) is 0.0747. The zero-order valence-electron chi connectivity index (χ0n) is 11.4. The minimum Gasteiger partial charge on any atom is -0.299 e. The normalized spacial score (nSPS) is 49.9. The monoisotopic (exact) mass is 184 g/mol. The van der Waals surface area contributed by atoms with Crippen LogP contribution >= 0.6 is 0 Å². The van der Waals surface area contributed by atoms with Gasteiger partial charge in [-0.05, 0) is 24.2 Å². The van der Waals surface area contributed by atoms with Gasteiger partial charge in [0.05, 0.1) is 0 Å². The lowest BCUT2D eigenvalue weighted by Gasteiger charge is -2.38. The van der Waals surface area contributed by atoms with Gasteiger partial charge in [-0.25, -0.2) is 0 Å². The predicted molar refractivity (Wildman–Crippen MR) is 55.5 cm³/mol. The molecule has 13 heavy (non-hydrogen) atoms. The molecule has 0 aromatic heterocycles. The van der Waals surface area contributed by atoms with E-state index in [1.807, 2.05) is 0 Å². The van der Waals surface area contributed by atoms with E-state index >= 15 is 0 Å². The summed E-state index contributed by atoms with van der Waals surface area (Å²) >= 11 is 0. The fourth-order valence-electron chi connectivity index (χ4n) is 1.97. The number of carbonyl (C=O) groups is 1. The fraction of sp³-hybridized carbons (Fsp3) is 0.917. The van der Waals surface area contributed by atoms with E-state index in [0.717, 1.165) is 0 Å². The molecule has 1 heteroatoms. The summed E-state index contributed by atoms with van der Waals surface area (Å²) in [5, 5.41) is 0. The van der Waals surface area contributed by atoms with Crippen LogP contribution in [0.25, 0.3) is 0 Å². The largest absolute Gasteiger partial charge is 0.299 e. The molecule has 2 atom stereocenters. The van der Waals surface area contributed by atoms with Crippen molar-refractivity contribution in [2.24, 2.45) is 23.1 Å². The summed E-state index contributed by atoms with van der Waals surface area (Å²) < 4.78 is 16.1. The van der Waals surface area contributed by atoms with E-state index < -0.39 is 11.8 Å². The van der Waals surface area contributed by atoms with Crippen LogP contribution in [0.1, 0.15) is 50.2 Å². The van der Waals surface area contributed by atoms with Gasteiger partial charge < -0.3 is 0 Å². The van der Waals surface area contributed by atoms with Crippen LogP contribution < -0.4 is 0 Å². The number of rotatable bonds is 0. The molecule has 1 saturated carbocycles. The first kappa shape index (κ1) is 8.02. The van der Waals surface area contributed by atoms with Gasteiger partial charge in [-0.3, -0.25) is 4.79 Å². The van der Waals surface area contributed by atoms with Gasteiger partial charge >= 0.3 is 0 Å². The van der Waals surface area contributed by atoms with Crippen molar-refractivity contribution in [3.8, 4) is 0 Å². The Labute approximate surface area is 84.7 Å². The molecule has 0 aromatic carbocycles. The number of hydrogen-bond donors (Lipinski definition) is 0. The second-order valence-corrected chi connectivity index (χ2v) is 5.36. The molecule has 1 rings (SSSR count). The highest BCUT2D eigenvalue weighted by Gasteiger charge is 2.36. The second kappa shape index (κ2) is 3.43. The topological polar surface area (TPSA) is 17.1 Å². The number of ketones is 1. The molecule has 1 aliphatic rings. The molecule has 0 spiro atoms. The highest BCUT2D eigenvalue weighted by molar-refractivity contribution is 5.83. The first-order valence-corrected chi connectivity index (χ1v) is 5.02. The zero-order valence-corrected chi connectivity index (χ0v) is 9.40. The summed E-state index contributed by atoms with van der Waals surface area (Å²) in [6.45, 7) is 9.68. The van der Waals surface area contributed by atoms with Crippen molar-refractivity contribution in [3.63, 3.8) is 0 Å². The molecule has 0 bridgehead atoms. The molecular weight excluding hydrogens is 160 g/mol. The molecule has 1 fully saturated rings. The van der Waals surface area contributed by atoms with E-state index in [1.54, 1.807) is 13.8 Å². The molecule has 0 N–H and O–H groups in total. The predicted octanol–water partition coefficient (Wildman–Crippen LogP) is 3.28. The Balaban J connectivity index is 3.00. The Kier molecular flexibility index (Phi) is 2.12. The maximum Gasteiger partial charge on any atom is 0.138 e. The van der Waals surface area contributed by atoms with Crippen LogP contribution in [0.15, 0.2) is 0 Å². The second-order valence-electron chi connectivity index (χ2n) is 5.36. The van der Waals surface area contributed by atoms with Crippen LogP contribution in [-0.2, 0) is 4.79 Å². The molecule has 0 amide bonds. The first-order chi connectivity index (χ1) is 6.47. The van der Waals surface area contributed by atoms with Crippen molar-refractivity contribution in [2.75, 3.05) is 0 Å². The van der Waals surface area contributed by atoms with Crippen molar-refractivity contribution < 1.29 is 7.54 Å². The minimum atomic E-state index is -1.08. The SMILES string of the molecule is [2H][C@]1(C)CC(C(C)(C)C)C[C@]([2H])(C)C1=O. The molecular formula is C12H22O. The molecule has 1 nitrogen and oxygen atoms in total. The van der Waals surface area contributed by atoms with Crippen molar-refractivity contribution >= 4 is 5.78 Å². The Bertz CT molecular complexity index is 254. The molecule has 0 radical (unpaired) electrons. The lowest BCUT2D eigenvalue weighted by atomic mass is 9.66. The quantitative estimate of drug-likeness (QED) is 0.564. The maximum absolute atomic E-state index is 11.9. The third-order valence-corrected chi connectivity index (χ3v) is 3.11. The van der Waals surface area contributed by atoms with Crippen LogP contribution in [0.3, 0.4) is 0 Å². The lowest BCUT2D eigenvalue weighted by molar-refractivity contribution is -0.130. The van der Waals surface area contributed by atoms with Crippen molar-refractivity contribution in [1.82, 2.24) is 0 Å². The van der Waals surface area contributed by atoms with Gasteiger partial charge in [0.2, 0.25) is 0 Å². The highest BCUT2D eigenvalue weighted by atomic mass is 16.1. The Hall–Kier alpha value is -0.330. The molecule has 1 aliphatic carbocycles. The Morgan fingerprint density at radius 2 is 1.62 bits per heavy atom. The van der Waals surface area contributed by atoms with Crippen LogP contribution in [0.2, 0.25) is 0 Å². The van der Waals surface area contributed by atoms with Crippen LogP contribution in [-0.4, -0.2) is 5.78 Å². The summed E-state index contributed by atoms with van der Waals surface area (Å²) in [6.07, 6.45) is 1.17. The third-order valence-electron chi connectivity index (χ3n) is 3.11. The van der Waals surface area contributed by atoms with E-state index in [2.05, 4.69) is 20.8 Å². The van der Waals surface area contributed by atoms with Crippen LogP contribution in [0, 0.1) is 23.1 Å². The number of Topliss-reactive ketones (excluding diaryl/α,β-unsaturated/α-hetero) is 1. The van der Waals surface area contributed by atoms with Gasteiger partial charge in [0.15, 0.2) is 0 Å². The van der Waals surface area contributed by atoms with Gasteiger partial charge in [0.1, 0.15) is 5.78 Å². The standard InChI is InChI=1S/C12H22O/c1-8-6-10(12(3,4)5)7-9(2)11(8)13/h8-10H,6-7H2,1-5H3/t8-,9-/m0/s1/i8D,9D. The van der Waals surface area contributed by atoms with E-state index in [1.165, 1.54) is 0 Å². The summed E-state index contributed by atoms with van der Waals surface area (Å²) in [6, 6.07) is 0. The van der Waals surface area contributed by atoms with Crippen molar-refractivity contribution in [2.45, 2.75) is 47.5 Å². The zero-order chi connectivity index (χ0) is 12.1. The smallest absolute Gasteiger partial charge is 0.138 e. The average molecular weight is 184 g/mol. The van der Waals surface area contributed by atoms with Crippen LogP contribution in [0.4, 0.5) is 0 Å². The minimum absolute atomic E-state index is 0.0747. The van der Waals surface area contributed by atoms with Gasteiger partial charge in [-0.1, -0.05) is 34.6 Å². The molecule has 76 valence electrons. The van der Waals surface area contributed by atoms with E-state index in [9.17, 15) is 4.79 Å². The molecule has 0 aliphatic heterocycles. The maximum atomic E-state index is 11.9. The molecule has 0 heterocycles. The Morgan fingerprint density at radius 3 is 1.92 bits per heavy atom. The van der Waals surface area contributed by atoms with Crippen LogP contribution in [0.5, 0.6) is 0 Å². The van der Waals surface area contributed by atoms with Gasteiger partial charge in [-0.2, -0.15) is 0 Å². The Morgan fingerprint density at radius 1 is 1.23 bits per heavy atom. The van der Waals surface area contributed by atoms with Crippen molar-refractivity contribution in [3.05, 3.63) is 0 Å². The molecule has 0 unspecified atom stereocenters. The van der Waals surface area contributed by atoms with Gasteiger partial charge in [-0.15, -0.1) is 0 Å². The van der Waals surface area contributed by atoms with E-state index in [0.29, 0.717) is 12.8 Å². The highest BCUT2D eigenvalue weighted by Crippen LogP contribution is 2.40. The first-order valence-electron chi connectivity index (χ1n) is 6.02. The number of carbonyl (C=O) groups excluding carboxylic acids is 1. The average Bonchev–Trinajstić information content (AvgIpc) is 1.97. The van der Waals surface area contributed by atoms with E-state index in [4.69, 9.17) is 2.74 Å². The lowest BCUT2D eigenvalue weighted by Crippen LogP contribution is -2.35. The summed E-state index contributed by atoms with van der Waals surface area (Å²) in [7, 11) is 0. The molecule has 0 saturated heterocycles. The van der Waals surface area contributed by atoms with Crippen molar-refractivity contribution in [1.29, 1.82) is 0 Å². The fourth-order valence-corrected chi connectivity index (χ4v) is 1.97. The summed E-state index contributed by atoms with van der Waals surface area (Å²) in [5.74, 6) is -2.10. The molecule has 0 aromatic rings. The van der Waals surface area contributed by atoms with E-state index in [-0.39, 0.29) is 17.1 Å². The summed E-state index contributed by atoms with van der Waals surface area (Å²) in [4.78, 5) is 11.9.